The molecule has 2 aromatic carbocycles. The van der Waals surface area contributed by atoms with E-state index in [2.05, 4.69) is 20.9 Å². The fourth-order valence-corrected chi connectivity index (χ4v) is 4.07. The number of nitrogens with one attached hydrogen (secondary N) is 3. The standard InChI is InChI=1S/C28H40N8O4/c29-16-8-7-14-21(18-23(37)36-24(25(30)38)19-10-3-1-4-11-19)34-27(40)22(15-9-17-33-28(31)32)35-26(39)20-12-5-2-6-13-20/h1-6,10-13,21-22,24H,7-9,14-18,29H2,(H2,30,38)(H,34,40)(H,35,39)(H,36,37)(H4,31,32,33)/t21-,22-,24+/m0/s1. The van der Waals surface area contributed by atoms with Gasteiger partial charge in [0, 0.05) is 24.6 Å². The molecule has 0 aliphatic heterocycles. The molecule has 3 atom stereocenters. The predicted molar refractivity (Wildman–Crippen MR) is 154 cm³/mol. The van der Waals surface area contributed by atoms with E-state index in [0.29, 0.717) is 43.4 Å². The van der Waals surface area contributed by atoms with Gasteiger partial charge in [-0.25, -0.2) is 0 Å². The molecule has 0 radical (unpaired) electrons. The quantitative estimate of drug-likeness (QED) is 0.0819. The Morgan fingerprint density at radius 1 is 0.775 bits per heavy atom. The second-order valence-corrected chi connectivity index (χ2v) is 9.35. The van der Waals surface area contributed by atoms with E-state index in [0.717, 1.165) is 0 Å². The molecule has 0 unspecified atom stereocenters. The zero-order chi connectivity index (χ0) is 29.3. The van der Waals surface area contributed by atoms with Gasteiger partial charge in [0.1, 0.15) is 12.1 Å². The third-order valence-electron chi connectivity index (χ3n) is 6.11. The highest BCUT2D eigenvalue weighted by Crippen LogP contribution is 2.14. The number of hydrogen-bond donors (Lipinski definition) is 7. The fourth-order valence-electron chi connectivity index (χ4n) is 4.07. The number of carbonyl (C=O) groups is 4. The van der Waals surface area contributed by atoms with Crippen LogP contribution in [0, 0.1) is 0 Å². The minimum atomic E-state index is -1.01. The van der Waals surface area contributed by atoms with Crippen LogP contribution in [0.4, 0.5) is 0 Å². The Balaban J connectivity index is 2.14. The molecule has 11 N–H and O–H groups in total. The molecule has 40 heavy (non-hydrogen) atoms. The molecule has 0 spiro atoms. The Morgan fingerprint density at radius 3 is 2.02 bits per heavy atom. The van der Waals surface area contributed by atoms with Crippen LogP contribution in [0.3, 0.4) is 0 Å². The lowest BCUT2D eigenvalue weighted by atomic mass is 10.0. The molecule has 0 saturated heterocycles. The average molecular weight is 553 g/mol. The van der Waals surface area contributed by atoms with Crippen LogP contribution in [-0.2, 0) is 14.4 Å². The van der Waals surface area contributed by atoms with Crippen LogP contribution in [0.5, 0.6) is 0 Å². The fraction of sp³-hybridized carbons (Fsp3) is 0.393. The largest absolute Gasteiger partial charge is 0.370 e. The van der Waals surface area contributed by atoms with Gasteiger partial charge >= 0.3 is 0 Å². The summed E-state index contributed by atoms with van der Waals surface area (Å²) in [6, 6.07) is 14.7. The van der Waals surface area contributed by atoms with Gasteiger partial charge in [0.25, 0.3) is 5.91 Å². The molecule has 216 valence electrons. The number of aliphatic imine (C=N–C) groups is 1. The minimum Gasteiger partial charge on any atom is -0.370 e. The Kier molecular flexibility index (Phi) is 13.7. The summed E-state index contributed by atoms with van der Waals surface area (Å²) in [5.74, 6) is -2.08. The molecular formula is C28H40N8O4. The normalized spacial score (nSPS) is 12.8. The topological polar surface area (TPSA) is 221 Å². The predicted octanol–water partition coefficient (Wildman–Crippen LogP) is 0.185. The molecule has 0 bridgehead atoms. The number of benzene rings is 2. The monoisotopic (exact) mass is 552 g/mol. The first kappa shape index (κ1) is 31.8. The van der Waals surface area contributed by atoms with Crippen LogP contribution in [0.25, 0.3) is 0 Å². The molecule has 2 aromatic rings. The van der Waals surface area contributed by atoms with Gasteiger partial charge in [0.05, 0.1) is 0 Å². The van der Waals surface area contributed by atoms with Gasteiger partial charge in [0.2, 0.25) is 17.7 Å². The smallest absolute Gasteiger partial charge is 0.251 e. The summed E-state index contributed by atoms with van der Waals surface area (Å²) in [7, 11) is 0. The van der Waals surface area contributed by atoms with E-state index in [1.54, 1.807) is 60.7 Å². The van der Waals surface area contributed by atoms with Crippen molar-refractivity contribution in [2.75, 3.05) is 13.1 Å². The Labute approximate surface area is 234 Å². The first-order valence-electron chi connectivity index (χ1n) is 13.3. The zero-order valence-electron chi connectivity index (χ0n) is 22.6. The van der Waals surface area contributed by atoms with E-state index in [-0.39, 0.29) is 25.3 Å². The summed E-state index contributed by atoms with van der Waals surface area (Å²) in [4.78, 5) is 55.1. The minimum absolute atomic E-state index is 0.0647. The zero-order valence-corrected chi connectivity index (χ0v) is 22.6. The average Bonchev–Trinajstić information content (AvgIpc) is 2.94. The summed E-state index contributed by atoms with van der Waals surface area (Å²) in [6.07, 6.45) is 2.44. The van der Waals surface area contributed by atoms with Crippen molar-refractivity contribution in [1.29, 1.82) is 0 Å². The number of carbonyl (C=O) groups excluding carboxylic acids is 4. The van der Waals surface area contributed by atoms with E-state index in [9.17, 15) is 19.2 Å². The van der Waals surface area contributed by atoms with Gasteiger partial charge in [-0.1, -0.05) is 55.0 Å². The molecule has 0 aliphatic carbocycles. The third-order valence-corrected chi connectivity index (χ3v) is 6.11. The van der Waals surface area contributed by atoms with Gasteiger partial charge in [-0.2, -0.15) is 0 Å². The van der Waals surface area contributed by atoms with Crippen LogP contribution in [0.2, 0.25) is 0 Å². The number of primary amides is 1. The molecule has 4 amide bonds. The maximum absolute atomic E-state index is 13.4. The summed E-state index contributed by atoms with van der Waals surface area (Å²) in [5, 5.41) is 8.34. The maximum Gasteiger partial charge on any atom is 0.251 e. The number of unbranched alkanes of at least 4 members (excludes halogenated alkanes) is 1. The number of amides is 4. The molecular weight excluding hydrogens is 512 g/mol. The van der Waals surface area contributed by atoms with Gasteiger partial charge in [-0.15, -0.1) is 0 Å². The van der Waals surface area contributed by atoms with Gasteiger partial charge in [-0.3, -0.25) is 24.2 Å². The van der Waals surface area contributed by atoms with E-state index in [1.165, 1.54) is 0 Å². The number of hydrogen-bond acceptors (Lipinski definition) is 6. The third kappa shape index (κ3) is 11.5. The van der Waals surface area contributed by atoms with Crippen molar-refractivity contribution < 1.29 is 19.2 Å². The highest BCUT2D eigenvalue weighted by Gasteiger charge is 2.26. The van der Waals surface area contributed by atoms with E-state index in [1.807, 2.05) is 0 Å². The lowest BCUT2D eigenvalue weighted by molar-refractivity contribution is -0.128. The molecule has 0 saturated carbocycles. The highest BCUT2D eigenvalue weighted by atomic mass is 16.2. The molecule has 12 heteroatoms. The van der Waals surface area contributed by atoms with E-state index < -0.39 is 41.8 Å². The van der Waals surface area contributed by atoms with Crippen molar-refractivity contribution in [1.82, 2.24) is 16.0 Å². The van der Waals surface area contributed by atoms with Crippen molar-refractivity contribution in [2.24, 2.45) is 27.9 Å². The van der Waals surface area contributed by atoms with Crippen molar-refractivity contribution in [3.63, 3.8) is 0 Å². The summed E-state index contributed by atoms with van der Waals surface area (Å²) >= 11 is 0. The molecule has 0 heterocycles. The van der Waals surface area contributed by atoms with Gasteiger partial charge < -0.3 is 38.9 Å². The van der Waals surface area contributed by atoms with Gasteiger partial charge in [-0.05, 0) is 49.9 Å². The Hall–Kier alpha value is -4.45. The van der Waals surface area contributed by atoms with E-state index in [4.69, 9.17) is 22.9 Å². The van der Waals surface area contributed by atoms with Gasteiger partial charge in [0.15, 0.2) is 5.96 Å². The van der Waals surface area contributed by atoms with Crippen LogP contribution in [0.15, 0.2) is 65.7 Å². The van der Waals surface area contributed by atoms with Crippen molar-refractivity contribution in [3.8, 4) is 0 Å². The number of nitrogens with two attached hydrogens (primary N) is 4. The molecule has 0 aromatic heterocycles. The highest BCUT2D eigenvalue weighted by molar-refractivity contribution is 5.97. The van der Waals surface area contributed by atoms with Crippen molar-refractivity contribution in [3.05, 3.63) is 71.8 Å². The van der Waals surface area contributed by atoms with Crippen LogP contribution >= 0.6 is 0 Å². The second kappa shape index (κ2) is 17.2. The Bertz CT molecular complexity index is 1120. The molecule has 2 rings (SSSR count). The first-order chi connectivity index (χ1) is 19.2. The van der Waals surface area contributed by atoms with Crippen LogP contribution < -0.4 is 38.9 Å². The second-order valence-electron chi connectivity index (χ2n) is 9.35. The van der Waals surface area contributed by atoms with Crippen LogP contribution in [-0.4, -0.2) is 54.8 Å². The number of guanidine groups is 1. The van der Waals surface area contributed by atoms with E-state index >= 15 is 0 Å². The molecule has 0 aliphatic rings. The van der Waals surface area contributed by atoms with Crippen molar-refractivity contribution >= 4 is 29.6 Å². The first-order valence-corrected chi connectivity index (χ1v) is 13.3. The van der Waals surface area contributed by atoms with Crippen molar-refractivity contribution in [2.45, 2.75) is 56.7 Å². The molecule has 12 nitrogen and oxygen atoms in total. The maximum atomic E-state index is 13.4. The Morgan fingerprint density at radius 2 is 1.43 bits per heavy atom. The molecule has 0 fully saturated rings. The van der Waals surface area contributed by atoms with Crippen LogP contribution in [0.1, 0.15) is 60.5 Å². The lowest BCUT2D eigenvalue weighted by Gasteiger charge is -2.24. The summed E-state index contributed by atoms with van der Waals surface area (Å²) in [5.41, 5.74) is 22.9. The summed E-state index contributed by atoms with van der Waals surface area (Å²) < 4.78 is 0. The number of nitrogens with zero attached hydrogens (tertiary/aromatic N) is 1. The lowest BCUT2D eigenvalue weighted by Crippen LogP contribution is -2.51. The number of rotatable bonds is 17. The SMILES string of the molecule is NCCCC[C@@H](CC(=O)N[C@@H](C(N)=O)c1ccccc1)NC(=O)[C@H](CCCN=C(N)N)NC(=O)c1ccccc1. The summed E-state index contributed by atoms with van der Waals surface area (Å²) in [6.45, 7) is 0.745.